The third kappa shape index (κ3) is 3.14. The summed E-state index contributed by atoms with van der Waals surface area (Å²) in [6.07, 6.45) is 9.49. The molecule has 0 unspecified atom stereocenters. The number of nitrogens with two attached hydrogens (primary N) is 1. The molecular weight excluding hydrogens is 222 g/mol. The molecule has 2 heterocycles. The molecule has 0 radical (unpaired) electrons. The molecule has 2 aromatic heterocycles. The monoisotopic (exact) mass is 243 g/mol. The van der Waals surface area contributed by atoms with Gasteiger partial charge in [0.15, 0.2) is 24.8 Å². The minimum Gasteiger partial charge on any atom is -0.330 e. The lowest BCUT2D eigenvalue weighted by Gasteiger charge is -2.00. The van der Waals surface area contributed by atoms with Crippen LogP contribution in [-0.4, -0.2) is 6.54 Å². The van der Waals surface area contributed by atoms with Crippen molar-refractivity contribution in [3.8, 4) is 11.1 Å². The largest absolute Gasteiger partial charge is 0.330 e. The van der Waals surface area contributed by atoms with Gasteiger partial charge in [0, 0.05) is 30.7 Å². The van der Waals surface area contributed by atoms with Crippen molar-refractivity contribution in [1.82, 2.24) is 0 Å². The average molecular weight is 243 g/mol. The Balaban J connectivity index is 2.12. The zero-order valence-corrected chi connectivity index (χ0v) is 10.9. The van der Waals surface area contributed by atoms with E-state index < -0.39 is 0 Å². The van der Waals surface area contributed by atoms with Gasteiger partial charge in [-0.15, -0.1) is 0 Å². The summed E-state index contributed by atoms with van der Waals surface area (Å²) in [5.74, 6) is 0. The fourth-order valence-electron chi connectivity index (χ4n) is 1.93. The summed E-state index contributed by atoms with van der Waals surface area (Å²) in [5.41, 5.74) is 8.02. The van der Waals surface area contributed by atoms with Crippen molar-refractivity contribution in [1.29, 1.82) is 0 Å². The number of rotatable bonds is 5. The molecule has 0 spiro atoms. The summed E-state index contributed by atoms with van der Waals surface area (Å²) < 4.78 is 4.33. The van der Waals surface area contributed by atoms with Gasteiger partial charge in [-0.25, -0.2) is 9.13 Å². The maximum absolute atomic E-state index is 5.51. The van der Waals surface area contributed by atoms with Crippen LogP contribution in [0.5, 0.6) is 0 Å². The molecule has 2 aromatic rings. The predicted octanol–water partition coefficient (Wildman–Crippen LogP) is 1.30. The Hall–Kier alpha value is -1.74. The van der Waals surface area contributed by atoms with Crippen LogP contribution in [0.25, 0.3) is 11.1 Å². The van der Waals surface area contributed by atoms with Crippen LogP contribution in [0.1, 0.15) is 13.3 Å². The van der Waals surface area contributed by atoms with Gasteiger partial charge in [-0.1, -0.05) is 0 Å². The lowest BCUT2D eigenvalue weighted by molar-refractivity contribution is -0.697. The van der Waals surface area contributed by atoms with Crippen molar-refractivity contribution in [3.05, 3.63) is 49.1 Å². The van der Waals surface area contributed by atoms with Gasteiger partial charge in [0.1, 0.15) is 13.1 Å². The van der Waals surface area contributed by atoms with E-state index in [4.69, 9.17) is 5.73 Å². The number of nitrogens with zero attached hydrogens (tertiary/aromatic N) is 2. The van der Waals surface area contributed by atoms with Crippen LogP contribution in [0.15, 0.2) is 49.1 Å². The molecular formula is C15H21N3+2. The standard InChI is InChI=1S/C15H21N3/c1-2-17-10-4-14(5-11-17)15-6-12-18(13-7-15)9-3-8-16/h4-7,10-13H,2-3,8-9,16H2,1H3/q+2. The normalized spacial score (nSPS) is 10.6. The third-order valence-electron chi connectivity index (χ3n) is 3.10. The van der Waals surface area contributed by atoms with Crippen LogP contribution in [0.3, 0.4) is 0 Å². The summed E-state index contributed by atoms with van der Waals surface area (Å²) in [7, 11) is 0. The quantitative estimate of drug-likeness (QED) is 0.789. The van der Waals surface area contributed by atoms with Gasteiger partial charge in [-0.2, -0.15) is 0 Å². The molecule has 0 amide bonds. The van der Waals surface area contributed by atoms with Crippen LogP contribution >= 0.6 is 0 Å². The first-order chi connectivity index (χ1) is 8.83. The summed E-state index contributed by atoms with van der Waals surface area (Å²) >= 11 is 0. The van der Waals surface area contributed by atoms with Gasteiger partial charge >= 0.3 is 0 Å². The van der Waals surface area contributed by atoms with Gasteiger partial charge in [0.25, 0.3) is 0 Å². The number of pyridine rings is 2. The van der Waals surface area contributed by atoms with Crippen molar-refractivity contribution in [2.45, 2.75) is 26.4 Å². The molecule has 94 valence electrons. The highest BCUT2D eigenvalue weighted by Crippen LogP contribution is 2.15. The fourth-order valence-corrected chi connectivity index (χ4v) is 1.93. The van der Waals surface area contributed by atoms with Crippen LogP contribution in [0.4, 0.5) is 0 Å². The summed E-state index contributed by atoms with van der Waals surface area (Å²) in [6.45, 7) is 4.88. The second-order valence-corrected chi connectivity index (χ2v) is 4.38. The summed E-state index contributed by atoms with van der Waals surface area (Å²) in [6, 6.07) is 8.62. The topological polar surface area (TPSA) is 33.8 Å². The van der Waals surface area contributed by atoms with Crippen LogP contribution in [0.2, 0.25) is 0 Å². The smallest absolute Gasteiger partial charge is 0.169 e. The number of hydrogen-bond donors (Lipinski definition) is 1. The molecule has 3 heteroatoms. The van der Waals surface area contributed by atoms with E-state index in [2.05, 4.69) is 65.1 Å². The first-order valence-electron chi connectivity index (χ1n) is 6.52. The highest BCUT2D eigenvalue weighted by atomic mass is 14.9. The zero-order chi connectivity index (χ0) is 12.8. The Morgan fingerprint density at radius 1 is 0.889 bits per heavy atom. The molecule has 0 saturated carbocycles. The van der Waals surface area contributed by atoms with E-state index in [1.54, 1.807) is 0 Å². The Labute approximate surface area is 109 Å². The second-order valence-electron chi connectivity index (χ2n) is 4.38. The Morgan fingerprint density at radius 3 is 1.83 bits per heavy atom. The summed E-state index contributed by atoms with van der Waals surface area (Å²) in [4.78, 5) is 0. The summed E-state index contributed by atoms with van der Waals surface area (Å²) in [5, 5.41) is 0. The Kier molecular flexibility index (Phi) is 4.42. The molecule has 0 aliphatic heterocycles. The molecule has 0 aliphatic carbocycles. The molecule has 18 heavy (non-hydrogen) atoms. The van der Waals surface area contributed by atoms with Crippen molar-refractivity contribution in [3.63, 3.8) is 0 Å². The lowest BCUT2D eigenvalue weighted by Crippen LogP contribution is -2.33. The minimum absolute atomic E-state index is 0.741. The van der Waals surface area contributed by atoms with E-state index >= 15 is 0 Å². The molecule has 0 aliphatic rings. The maximum Gasteiger partial charge on any atom is 0.169 e. The maximum atomic E-state index is 5.51. The van der Waals surface area contributed by atoms with Crippen molar-refractivity contribution in [2.24, 2.45) is 5.73 Å². The zero-order valence-electron chi connectivity index (χ0n) is 10.9. The molecule has 0 fully saturated rings. The van der Waals surface area contributed by atoms with Gasteiger partial charge in [0.2, 0.25) is 0 Å². The van der Waals surface area contributed by atoms with Crippen LogP contribution in [0, 0.1) is 0 Å². The van der Waals surface area contributed by atoms with E-state index in [0.717, 1.165) is 26.1 Å². The van der Waals surface area contributed by atoms with Gasteiger partial charge < -0.3 is 5.73 Å². The van der Waals surface area contributed by atoms with Crippen molar-refractivity contribution >= 4 is 0 Å². The Bertz CT molecular complexity index is 474. The van der Waals surface area contributed by atoms with Crippen molar-refractivity contribution in [2.75, 3.05) is 6.54 Å². The SMILES string of the molecule is CC[n+]1ccc(-c2cc[n+](CCCN)cc2)cc1. The van der Waals surface area contributed by atoms with E-state index in [1.807, 2.05) is 0 Å². The van der Waals surface area contributed by atoms with Crippen LogP contribution in [-0.2, 0) is 13.1 Å². The first-order valence-corrected chi connectivity index (χ1v) is 6.52. The molecule has 0 aromatic carbocycles. The van der Waals surface area contributed by atoms with Gasteiger partial charge in [0.05, 0.1) is 0 Å². The van der Waals surface area contributed by atoms with Crippen molar-refractivity contribution < 1.29 is 9.13 Å². The molecule has 3 nitrogen and oxygen atoms in total. The first kappa shape index (κ1) is 12.7. The molecule has 0 atom stereocenters. The lowest BCUT2D eigenvalue weighted by atomic mass is 10.1. The van der Waals surface area contributed by atoms with E-state index in [-0.39, 0.29) is 0 Å². The number of aryl methyl sites for hydroxylation is 2. The highest BCUT2D eigenvalue weighted by molar-refractivity contribution is 5.60. The number of aromatic nitrogens is 2. The van der Waals surface area contributed by atoms with E-state index in [1.165, 1.54) is 11.1 Å². The third-order valence-corrected chi connectivity index (χ3v) is 3.10. The second kappa shape index (κ2) is 6.26. The molecule has 2 rings (SSSR count). The highest BCUT2D eigenvalue weighted by Gasteiger charge is 2.04. The van der Waals surface area contributed by atoms with E-state index in [0.29, 0.717) is 0 Å². The average Bonchev–Trinajstić information content (AvgIpc) is 2.46. The van der Waals surface area contributed by atoms with Crippen LogP contribution < -0.4 is 14.9 Å². The molecule has 0 bridgehead atoms. The minimum atomic E-state index is 0.741. The van der Waals surface area contributed by atoms with Gasteiger partial charge in [-0.3, -0.25) is 0 Å². The number of hydrogen-bond acceptors (Lipinski definition) is 1. The predicted molar refractivity (Wildman–Crippen MR) is 71.6 cm³/mol. The van der Waals surface area contributed by atoms with E-state index in [9.17, 15) is 0 Å². The molecule has 2 N–H and O–H groups in total. The fraction of sp³-hybridized carbons (Fsp3) is 0.333. The van der Waals surface area contributed by atoms with Gasteiger partial charge in [-0.05, 0) is 24.6 Å². The molecule has 0 saturated heterocycles. The Morgan fingerprint density at radius 2 is 1.39 bits per heavy atom.